The zero-order chi connectivity index (χ0) is 13.2. The third kappa shape index (κ3) is 2.47. The van der Waals surface area contributed by atoms with Crippen molar-refractivity contribution in [2.45, 2.75) is 25.8 Å². The van der Waals surface area contributed by atoms with Gasteiger partial charge in [0.2, 0.25) is 0 Å². The number of nitrogens with zero attached hydrogens (tertiary/aromatic N) is 2. The van der Waals surface area contributed by atoms with Crippen molar-refractivity contribution < 1.29 is 4.79 Å². The summed E-state index contributed by atoms with van der Waals surface area (Å²) in [6, 6.07) is 8.47. The van der Waals surface area contributed by atoms with Crippen LogP contribution in [-0.4, -0.2) is 21.9 Å². The Labute approximate surface area is 111 Å². The maximum atomic E-state index is 12.0. The molecule has 96 valence electrons. The lowest BCUT2D eigenvalue weighted by Gasteiger charge is -2.11. The molecule has 4 nitrogen and oxygen atoms in total. The minimum absolute atomic E-state index is 0.148. The summed E-state index contributed by atoms with van der Waals surface area (Å²) in [6.45, 7) is 1.85. The Kier molecular flexibility index (Phi) is 2.99. The average Bonchev–Trinajstić information content (AvgIpc) is 2.81. The smallest absolute Gasteiger partial charge is 0.271 e. The van der Waals surface area contributed by atoms with E-state index in [-0.39, 0.29) is 11.9 Å². The number of nitrogens with one attached hydrogen (secondary N) is 1. The van der Waals surface area contributed by atoms with Crippen LogP contribution in [0.5, 0.6) is 0 Å². The maximum Gasteiger partial charge on any atom is 0.271 e. The summed E-state index contributed by atoms with van der Waals surface area (Å²) in [5, 5.41) is 3.02. The van der Waals surface area contributed by atoms with Crippen molar-refractivity contribution in [3.63, 3.8) is 0 Å². The molecule has 0 aliphatic heterocycles. The Bertz CT molecular complexity index is 582. The number of rotatable bonds is 2. The second-order valence-electron chi connectivity index (χ2n) is 4.89. The molecule has 0 radical (unpaired) electrons. The van der Waals surface area contributed by atoms with E-state index >= 15 is 0 Å². The first-order valence-corrected chi connectivity index (χ1v) is 6.38. The Morgan fingerprint density at radius 2 is 1.84 bits per heavy atom. The first kappa shape index (κ1) is 11.8. The summed E-state index contributed by atoms with van der Waals surface area (Å²) in [5.74, 6) is -0.148. The summed E-state index contributed by atoms with van der Waals surface area (Å²) < 4.78 is 0. The third-order valence-corrected chi connectivity index (χ3v) is 3.40. The molecule has 1 aliphatic carbocycles. The monoisotopic (exact) mass is 253 g/mol. The topological polar surface area (TPSA) is 54.9 Å². The van der Waals surface area contributed by atoms with Crippen LogP contribution in [0.15, 0.2) is 36.7 Å². The number of fused-ring (bicyclic) bond motifs is 1. The van der Waals surface area contributed by atoms with E-state index in [1.807, 2.05) is 19.1 Å². The fourth-order valence-corrected chi connectivity index (χ4v) is 2.43. The van der Waals surface area contributed by atoms with Crippen LogP contribution in [0.4, 0.5) is 0 Å². The van der Waals surface area contributed by atoms with Gasteiger partial charge in [-0.2, -0.15) is 0 Å². The Morgan fingerprint density at radius 1 is 1.16 bits per heavy atom. The molecule has 4 heteroatoms. The molecule has 0 saturated carbocycles. The summed E-state index contributed by atoms with van der Waals surface area (Å²) in [5.41, 5.74) is 3.83. The van der Waals surface area contributed by atoms with Crippen molar-refractivity contribution in [1.82, 2.24) is 15.3 Å². The van der Waals surface area contributed by atoms with Crippen molar-refractivity contribution in [2.24, 2.45) is 0 Å². The molecule has 1 aromatic carbocycles. The standard InChI is InChI=1S/C15H15N3O/c1-10-8-17-14(9-16-10)15(19)18-13-6-11-4-2-3-5-12(11)7-13/h2-5,8-9,13H,6-7H2,1H3,(H,18,19). The van der Waals surface area contributed by atoms with Gasteiger partial charge in [0.1, 0.15) is 5.69 Å². The van der Waals surface area contributed by atoms with Crippen molar-refractivity contribution in [3.8, 4) is 0 Å². The summed E-state index contributed by atoms with van der Waals surface area (Å²) >= 11 is 0. The number of aryl methyl sites for hydroxylation is 1. The van der Waals surface area contributed by atoms with Crippen LogP contribution >= 0.6 is 0 Å². The Hall–Kier alpha value is -2.23. The number of hydrogen-bond donors (Lipinski definition) is 1. The van der Waals surface area contributed by atoms with Gasteiger partial charge in [0.05, 0.1) is 11.9 Å². The van der Waals surface area contributed by atoms with Crippen LogP contribution in [-0.2, 0) is 12.8 Å². The number of hydrogen-bond acceptors (Lipinski definition) is 3. The number of amides is 1. The lowest BCUT2D eigenvalue weighted by molar-refractivity contribution is 0.0933. The minimum atomic E-state index is -0.148. The van der Waals surface area contributed by atoms with Crippen LogP contribution in [0.1, 0.15) is 27.3 Å². The van der Waals surface area contributed by atoms with Gasteiger partial charge in [-0.3, -0.25) is 9.78 Å². The zero-order valence-electron chi connectivity index (χ0n) is 10.8. The van der Waals surface area contributed by atoms with E-state index < -0.39 is 0 Å². The number of carbonyl (C=O) groups excluding carboxylic acids is 1. The highest BCUT2D eigenvalue weighted by Gasteiger charge is 2.23. The molecule has 19 heavy (non-hydrogen) atoms. The van der Waals surface area contributed by atoms with E-state index in [0.29, 0.717) is 5.69 Å². The van der Waals surface area contributed by atoms with Gasteiger partial charge in [0.15, 0.2) is 0 Å². The minimum Gasteiger partial charge on any atom is -0.347 e. The number of carbonyl (C=O) groups is 1. The van der Waals surface area contributed by atoms with Gasteiger partial charge in [-0.1, -0.05) is 24.3 Å². The van der Waals surface area contributed by atoms with Crippen LogP contribution in [0, 0.1) is 6.92 Å². The van der Waals surface area contributed by atoms with Crippen molar-refractivity contribution in [3.05, 3.63) is 59.2 Å². The van der Waals surface area contributed by atoms with Crippen molar-refractivity contribution >= 4 is 5.91 Å². The molecule has 0 spiro atoms. The van der Waals surface area contributed by atoms with Crippen LogP contribution in [0.3, 0.4) is 0 Å². The van der Waals surface area contributed by atoms with Crippen LogP contribution in [0.2, 0.25) is 0 Å². The average molecular weight is 253 g/mol. The molecule has 0 bridgehead atoms. The highest BCUT2D eigenvalue weighted by atomic mass is 16.1. The summed E-state index contributed by atoms with van der Waals surface area (Å²) in [4.78, 5) is 20.2. The van der Waals surface area contributed by atoms with E-state index in [9.17, 15) is 4.79 Å². The second-order valence-corrected chi connectivity index (χ2v) is 4.89. The lowest BCUT2D eigenvalue weighted by Crippen LogP contribution is -2.35. The van der Waals surface area contributed by atoms with E-state index in [0.717, 1.165) is 18.5 Å². The Balaban J connectivity index is 1.67. The van der Waals surface area contributed by atoms with E-state index in [1.54, 1.807) is 6.20 Å². The molecular weight excluding hydrogens is 238 g/mol. The Morgan fingerprint density at radius 3 is 2.42 bits per heavy atom. The van der Waals surface area contributed by atoms with Gasteiger partial charge in [0, 0.05) is 12.2 Å². The largest absolute Gasteiger partial charge is 0.347 e. The fraction of sp³-hybridized carbons (Fsp3) is 0.267. The lowest BCUT2D eigenvalue weighted by atomic mass is 10.1. The van der Waals surface area contributed by atoms with Crippen molar-refractivity contribution in [1.29, 1.82) is 0 Å². The van der Waals surface area contributed by atoms with Gasteiger partial charge < -0.3 is 5.32 Å². The van der Waals surface area contributed by atoms with Crippen LogP contribution < -0.4 is 5.32 Å². The molecular formula is C15H15N3O. The maximum absolute atomic E-state index is 12.0. The van der Waals surface area contributed by atoms with Gasteiger partial charge in [-0.05, 0) is 30.9 Å². The number of aromatic nitrogens is 2. The molecule has 3 rings (SSSR count). The van der Waals surface area contributed by atoms with Gasteiger partial charge in [0.25, 0.3) is 5.91 Å². The number of benzene rings is 1. The molecule has 1 N–H and O–H groups in total. The molecule has 2 aromatic rings. The van der Waals surface area contributed by atoms with Gasteiger partial charge in [-0.25, -0.2) is 4.98 Å². The zero-order valence-corrected chi connectivity index (χ0v) is 10.8. The molecule has 1 aromatic heterocycles. The molecule has 0 unspecified atom stereocenters. The summed E-state index contributed by atoms with van der Waals surface area (Å²) in [7, 11) is 0. The predicted molar refractivity (Wildman–Crippen MR) is 71.9 cm³/mol. The van der Waals surface area contributed by atoms with E-state index in [1.165, 1.54) is 17.3 Å². The normalized spacial score (nSPS) is 14.2. The van der Waals surface area contributed by atoms with E-state index in [2.05, 4.69) is 27.4 Å². The third-order valence-electron chi connectivity index (χ3n) is 3.40. The first-order valence-electron chi connectivity index (χ1n) is 6.38. The molecule has 1 heterocycles. The molecule has 1 aliphatic rings. The molecule has 0 atom stereocenters. The quantitative estimate of drug-likeness (QED) is 0.886. The van der Waals surface area contributed by atoms with E-state index in [4.69, 9.17) is 0 Å². The van der Waals surface area contributed by atoms with Gasteiger partial charge in [-0.15, -0.1) is 0 Å². The molecule has 0 fully saturated rings. The SMILES string of the molecule is Cc1cnc(C(=O)NC2Cc3ccccc3C2)cn1. The summed E-state index contributed by atoms with van der Waals surface area (Å²) in [6.07, 6.45) is 4.91. The highest BCUT2D eigenvalue weighted by molar-refractivity contribution is 5.92. The molecule has 0 saturated heterocycles. The van der Waals surface area contributed by atoms with Crippen molar-refractivity contribution in [2.75, 3.05) is 0 Å². The first-order chi connectivity index (χ1) is 9.22. The van der Waals surface area contributed by atoms with Gasteiger partial charge >= 0.3 is 0 Å². The predicted octanol–water partition coefficient (Wildman–Crippen LogP) is 1.68. The second kappa shape index (κ2) is 4.80. The highest BCUT2D eigenvalue weighted by Crippen LogP contribution is 2.21. The van der Waals surface area contributed by atoms with Crippen LogP contribution in [0.25, 0.3) is 0 Å². The molecule has 1 amide bonds. The fourth-order valence-electron chi connectivity index (χ4n) is 2.43.